The maximum Gasteiger partial charge on any atom is 0.406 e. The largest absolute Gasteiger partial charge is 0.406 e. The van der Waals surface area contributed by atoms with Crippen molar-refractivity contribution in [1.82, 2.24) is 15.1 Å². The molecule has 7 heteroatoms. The molecule has 0 radical (unpaired) electrons. The zero-order valence-electron chi connectivity index (χ0n) is 11.0. The Morgan fingerprint density at radius 2 is 2.05 bits per heavy atom. The van der Waals surface area contributed by atoms with E-state index in [9.17, 15) is 18.0 Å². The molecule has 1 N–H and O–H groups in total. The molecule has 2 atom stereocenters. The molecule has 0 bridgehead atoms. The maximum absolute atomic E-state index is 12.3. The van der Waals surface area contributed by atoms with Gasteiger partial charge in [0.1, 0.15) is 6.54 Å². The summed E-state index contributed by atoms with van der Waals surface area (Å²) in [6, 6.07) is -0.0308. The number of hydrogen-bond donors (Lipinski definition) is 1. The zero-order chi connectivity index (χ0) is 14.0. The number of likely N-dealkylation sites (N-methyl/N-ethyl adjacent to an activating group) is 1. The van der Waals surface area contributed by atoms with Crippen LogP contribution in [-0.2, 0) is 4.79 Å². The number of rotatable bonds is 3. The predicted octanol–water partition coefficient (Wildman–Crippen LogP) is 0.833. The van der Waals surface area contributed by atoms with E-state index in [2.05, 4.69) is 5.32 Å². The average Bonchev–Trinajstić information content (AvgIpc) is 2.69. The number of likely N-dealkylation sites (tertiary alicyclic amines) is 2. The van der Waals surface area contributed by atoms with Crippen molar-refractivity contribution in [3.05, 3.63) is 0 Å². The van der Waals surface area contributed by atoms with Gasteiger partial charge in [0.25, 0.3) is 0 Å². The fraction of sp³-hybridized carbons (Fsp3) is 0.917. The van der Waals surface area contributed by atoms with Gasteiger partial charge in [-0.25, -0.2) is 0 Å². The summed E-state index contributed by atoms with van der Waals surface area (Å²) >= 11 is 0. The monoisotopic (exact) mass is 279 g/mol. The third-order valence-corrected chi connectivity index (χ3v) is 3.94. The third kappa shape index (κ3) is 3.60. The Morgan fingerprint density at radius 1 is 1.32 bits per heavy atom. The SMILES string of the molecule is CNC1CCCN(C2CCN(CC(F)(F)F)C2=O)C1. The van der Waals surface area contributed by atoms with Crippen LogP contribution in [0.2, 0.25) is 0 Å². The topological polar surface area (TPSA) is 35.6 Å². The summed E-state index contributed by atoms with van der Waals surface area (Å²) in [5.41, 5.74) is 0. The van der Waals surface area contributed by atoms with Crippen molar-refractivity contribution in [2.45, 2.75) is 37.5 Å². The Bertz CT molecular complexity index is 335. The summed E-state index contributed by atoms with van der Waals surface area (Å²) in [5, 5.41) is 3.18. The minimum Gasteiger partial charge on any atom is -0.332 e. The summed E-state index contributed by atoms with van der Waals surface area (Å²) in [5.74, 6) is -0.367. The fourth-order valence-electron chi connectivity index (χ4n) is 2.96. The van der Waals surface area contributed by atoms with Gasteiger partial charge in [0.15, 0.2) is 0 Å². The first-order chi connectivity index (χ1) is 8.90. The number of hydrogen-bond acceptors (Lipinski definition) is 3. The van der Waals surface area contributed by atoms with Gasteiger partial charge in [-0.2, -0.15) is 13.2 Å². The number of nitrogens with zero attached hydrogens (tertiary/aromatic N) is 2. The van der Waals surface area contributed by atoms with E-state index < -0.39 is 12.7 Å². The number of amides is 1. The first kappa shape index (κ1) is 14.6. The van der Waals surface area contributed by atoms with E-state index in [-0.39, 0.29) is 18.5 Å². The molecule has 110 valence electrons. The van der Waals surface area contributed by atoms with Crippen molar-refractivity contribution in [2.75, 3.05) is 33.2 Å². The van der Waals surface area contributed by atoms with E-state index in [4.69, 9.17) is 0 Å². The molecule has 19 heavy (non-hydrogen) atoms. The number of piperidine rings is 1. The highest BCUT2D eigenvalue weighted by Gasteiger charge is 2.42. The van der Waals surface area contributed by atoms with Gasteiger partial charge in [0.2, 0.25) is 5.91 Å². The molecule has 2 unspecified atom stereocenters. The summed E-state index contributed by atoms with van der Waals surface area (Å²) in [6.45, 7) is 0.635. The van der Waals surface area contributed by atoms with E-state index in [1.807, 2.05) is 11.9 Å². The van der Waals surface area contributed by atoms with Crippen molar-refractivity contribution < 1.29 is 18.0 Å². The highest BCUT2D eigenvalue weighted by Crippen LogP contribution is 2.25. The lowest BCUT2D eigenvalue weighted by molar-refractivity contribution is -0.159. The number of carbonyl (C=O) groups excluding carboxylic acids is 1. The van der Waals surface area contributed by atoms with Gasteiger partial charge in [-0.1, -0.05) is 0 Å². The highest BCUT2D eigenvalue weighted by atomic mass is 19.4. The number of nitrogens with one attached hydrogen (secondary N) is 1. The van der Waals surface area contributed by atoms with Gasteiger partial charge in [-0.3, -0.25) is 9.69 Å². The highest BCUT2D eigenvalue weighted by molar-refractivity contribution is 5.84. The average molecular weight is 279 g/mol. The van der Waals surface area contributed by atoms with Crippen LogP contribution in [0, 0.1) is 0 Å². The van der Waals surface area contributed by atoms with Gasteiger partial charge in [0, 0.05) is 19.1 Å². The molecule has 2 rings (SSSR count). The lowest BCUT2D eigenvalue weighted by Crippen LogP contribution is -2.51. The summed E-state index contributed by atoms with van der Waals surface area (Å²) in [6.07, 6.45) is -1.76. The molecule has 0 aliphatic carbocycles. The molecule has 2 saturated heterocycles. The molecule has 4 nitrogen and oxygen atoms in total. The fourth-order valence-corrected chi connectivity index (χ4v) is 2.96. The minimum absolute atomic E-state index is 0.212. The van der Waals surface area contributed by atoms with Crippen LogP contribution in [-0.4, -0.2) is 67.2 Å². The Hall–Kier alpha value is -0.820. The Morgan fingerprint density at radius 3 is 2.68 bits per heavy atom. The Kier molecular flexibility index (Phi) is 4.35. The minimum atomic E-state index is -4.31. The number of carbonyl (C=O) groups is 1. The molecule has 1 amide bonds. The zero-order valence-corrected chi connectivity index (χ0v) is 11.0. The van der Waals surface area contributed by atoms with Crippen molar-refractivity contribution in [1.29, 1.82) is 0 Å². The third-order valence-electron chi connectivity index (χ3n) is 3.94. The van der Waals surface area contributed by atoms with Crippen LogP contribution in [0.5, 0.6) is 0 Å². The molecule has 2 fully saturated rings. The van der Waals surface area contributed by atoms with Crippen LogP contribution in [0.3, 0.4) is 0 Å². The molecule has 0 spiro atoms. The van der Waals surface area contributed by atoms with Gasteiger partial charge >= 0.3 is 6.18 Å². The molecule has 0 aromatic rings. The van der Waals surface area contributed by atoms with E-state index in [1.54, 1.807) is 0 Å². The molecule has 0 saturated carbocycles. The molecule has 2 aliphatic rings. The molecule has 0 aromatic heterocycles. The summed E-state index contributed by atoms with van der Waals surface area (Å²) < 4.78 is 37.0. The van der Waals surface area contributed by atoms with E-state index in [0.29, 0.717) is 12.5 Å². The van der Waals surface area contributed by atoms with E-state index >= 15 is 0 Å². The van der Waals surface area contributed by atoms with Crippen LogP contribution in [0.15, 0.2) is 0 Å². The van der Waals surface area contributed by atoms with Crippen LogP contribution in [0.25, 0.3) is 0 Å². The van der Waals surface area contributed by atoms with Gasteiger partial charge in [-0.15, -0.1) is 0 Å². The van der Waals surface area contributed by atoms with Crippen molar-refractivity contribution >= 4 is 5.91 Å². The second-order valence-corrected chi connectivity index (χ2v) is 5.30. The van der Waals surface area contributed by atoms with Gasteiger partial charge < -0.3 is 10.2 Å². The number of halogens is 3. The van der Waals surface area contributed by atoms with Crippen LogP contribution < -0.4 is 5.32 Å². The van der Waals surface area contributed by atoms with Crippen molar-refractivity contribution in [3.8, 4) is 0 Å². The molecular formula is C12H20F3N3O. The first-order valence-electron chi connectivity index (χ1n) is 6.67. The van der Waals surface area contributed by atoms with Crippen molar-refractivity contribution in [2.24, 2.45) is 0 Å². The lowest BCUT2D eigenvalue weighted by atomic mass is 10.0. The molecule has 0 aromatic carbocycles. The standard InChI is InChI=1S/C12H20F3N3O/c1-16-9-3-2-5-17(7-9)10-4-6-18(11(10)19)8-12(13,14)15/h9-10,16H,2-8H2,1H3. The van der Waals surface area contributed by atoms with Crippen LogP contribution in [0.1, 0.15) is 19.3 Å². The second kappa shape index (κ2) is 5.66. The Balaban J connectivity index is 1.94. The van der Waals surface area contributed by atoms with Crippen LogP contribution >= 0.6 is 0 Å². The van der Waals surface area contributed by atoms with E-state index in [0.717, 1.165) is 30.8 Å². The predicted molar refractivity (Wildman–Crippen MR) is 64.7 cm³/mol. The lowest BCUT2D eigenvalue weighted by Gasteiger charge is -2.35. The van der Waals surface area contributed by atoms with E-state index in [1.165, 1.54) is 0 Å². The second-order valence-electron chi connectivity index (χ2n) is 5.30. The molecule has 2 heterocycles. The van der Waals surface area contributed by atoms with Gasteiger partial charge in [0.05, 0.1) is 6.04 Å². The van der Waals surface area contributed by atoms with Crippen molar-refractivity contribution in [3.63, 3.8) is 0 Å². The maximum atomic E-state index is 12.3. The first-order valence-corrected chi connectivity index (χ1v) is 6.67. The summed E-state index contributed by atoms with van der Waals surface area (Å²) in [4.78, 5) is 15.0. The number of alkyl halides is 3. The summed E-state index contributed by atoms with van der Waals surface area (Å²) in [7, 11) is 1.88. The molecular weight excluding hydrogens is 259 g/mol. The smallest absolute Gasteiger partial charge is 0.332 e. The Labute approximate surface area is 110 Å². The van der Waals surface area contributed by atoms with Gasteiger partial charge in [-0.05, 0) is 32.9 Å². The quantitative estimate of drug-likeness (QED) is 0.831. The van der Waals surface area contributed by atoms with Crippen LogP contribution in [0.4, 0.5) is 13.2 Å². The normalized spacial score (nSPS) is 30.1. The molecule has 2 aliphatic heterocycles.